The summed E-state index contributed by atoms with van der Waals surface area (Å²) in [6.07, 6.45) is 4.89. The van der Waals surface area contributed by atoms with Crippen molar-refractivity contribution >= 4 is 28.6 Å². The SMILES string of the molecule is O=C(Cc1csc(-c2cccnc2)n1)N1CCc2sccc2C1. The highest BCUT2D eigenvalue weighted by molar-refractivity contribution is 7.13. The van der Waals surface area contributed by atoms with E-state index >= 15 is 0 Å². The largest absolute Gasteiger partial charge is 0.338 e. The monoisotopic (exact) mass is 341 g/mol. The summed E-state index contributed by atoms with van der Waals surface area (Å²) in [4.78, 5) is 24.6. The van der Waals surface area contributed by atoms with E-state index in [4.69, 9.17) is 0 Å². The smallest absolute Gasteiger partial charge is 0.228 e. The van der Waals surface area contributed by atoms with Gasteiger partial charge in [0.2, 0.25) is 5.91 Å². The van der Waals surface area contributed by atoms with Crippen molar-refractivity contribution in [2.24, 2.45) is 0 Å². The summed E-state index contributed by atoms with van der Waals surface area (Å²) >= 11 is 3.35. The molecule has 0 aliphatic carbocycles. The number of hydrogen-bond acceptors (Lipinski definition) is 5. The Morgan fingerprint density at radius 1 is 1.30 bits per heavy atom. The van der Waals surface area contributed by atoms with Gasteiger partial charge in [-0.3, -0.25) is 9.78 Å². The zero-order valence-corrected chi connectivity index (χ0v) is 14.1. The van der Waals surface area contributed by atoms with E-state index < -0.39 is 0 Å². The van der Waals surface area contributed by atoms with Crippen LogP contribution in [0.25, 0.3) is 10.6 Å². The summed E-state index contributed by atoms with van der Waals surface area (Å²) in [5, 5.41) is 5.00. The molecule has 23 heavy (non-hydrogen) atoms. The van der Waals surface area contributed by atoms with Gasteiger partial charge in [0.1, 0.15) is 5.01 Å². The van der Waals surface area contributed by atoms with Crippen LogP contribution >= 0.6 is 22.7 Å². The molecule has 3 aromatic heterocycles. The Labute approximate surface area is 142 Å². The van der Waals surface area contributed by atoms with E-state index in [1.165, 1.54) is 10.4 Å². The molecular formula is C17H15N3OS2. The topological polar surface area (TPSA) is 46.1 Å². The first-order valence-electron chi connectivity index (χ1n) is 7.47. The number of nitrogens with zero attached hydrogens (tertiary/aromatic N) is 3. The fourth-order valence-corrected chi connectivity index (χ4v) is 4.44. The van der Waals surface area contributed by atoms with E-state index in [0.717, 1.165) is 35.8 Å². The van der Waals surface area contributed by atoms with Crippen LogP contribution in [0.1, 0.15) is 16.1 Å². The molecule has 1 aliphatic rings. The molecule has 0 bridgehead atoms. The zero-order valence-electron chi connectivity index (χ0n) is 12.4. The molecule has 116 valence electrons. The Morgan fingerprint density at radius 3 is 3.13 bits per heavy atom. The number of amides is 1. The summed E-state index contributed by atoms with van der Waals surface area (Å²) < 4.78 is 0. The van der Waals surface area contributed by atoms with E-state index in [1.54, 1.807) is 35.1 Å². The molecule has 0 spiro atoms. The molecular weight excluding hydrogens is 326 g/mol. The third kappa shape index (κ3) is 3.04. The summed E-state index contributed by atoms with van der Waals surface area (Å²) in [5.41, 5.74) is 3.14. The van der Waals surface area contributed by atoms with Crippen molar-refractivity contribution in [3.8, 4) is 10.6 Å². The third-order valence-electron chi connectivity index (χ3n) is 3.95. The number of pyridine rings is 1. The number of hydrogen-bond donors (Lipinski definition) is 0. The second-order valence-electron chi connectivity index (χ2n) is 5.50. The average Bonchev–Trinajstić information content (AvgIpc) is 3.24. The van der Waals surface area contributed by atoms with Crippen molar-refractivity contribution in [3.63, 3.8) is 0 Å². The lowest BCUT2D eigenvalue weighted by atomic mass is 10.1. The molecule has 0 unspecified atom stereocenters. The van der Waals surface area contributed by atoms with Gasteiger partial charge in [0.25, 0.3) is 0 Å². The Balaban J connectivity index is 1.45. The van der Waals surface area contributed by atoms with Crippen molar-refractivity contribution in [1.82, 2.24) is 14.9 Å². The molecule has 4 rings (SSSR count). The van der Waals surface area contributed by atoms with Gasteiger partial charge >= 0.3 is 0 Å². The van der Waals surface area contributed by atoms with Gasteiger partial charge in [-0.2, -0.15) is 0 Å². The predicted octanol–water partition coefficient (Wildman–Crippen LogP) is 3.39. The first kappa shape index (κ1) is 14.5. The number of aromatic nitrogens is 2. The summed E-state index contributed by atoms with van der Waals surface area (Å²) in [6.45, 7) is 1.54. The maximum atomic E-state index is 12.5. The Hall–Kier alpha value is -2.05. The van der Waals surface area contributed by atoms with Crippen molar-refractivity contribution in [1.29, 1.82) is 0 Å². The van der Waals surface area contributed by atoms with Crippen LogP contribution in [-0.2, 0) is 24.2 Å². The normalized spacial score (nSPS) is 13.8. The fraction of sp³-hybridized carbons (Fsp3) is 0.235. The van der Waals surface area contributed by atoms with E-state index in [9.17, 15) is 4.79 Å². The van der Waals surface area contributed by atoms with Gasteiger partial charge in [-0.25, -0.2) is 4.98 Å². The molecule has 4 heterocycles. The van der Waals surface area contributed by atoms with Crippen LogP contribution in [0.3, 0.4) is 0 Å². The van der Waals surface area contributed by atoms with Gasteiger partial charge in [0, 0.05) is 41.3 Å². The fourth-order valence-electron chi connectivity index (χ4n) is 2.74. The van der Waals surface area contributed by atoms with Gasteiger partial charge < -0.3 is 4.90 Å². The molecule has 0 atom stereocenters. The van der Waals surface area contributed by atoms with Crippen LogP contribution in [0.4, 0.5) is 0 Å². The molecule has 4 nitrogen and oxygen atoms in total. The lowest BCUT2D eigenvalue weighted by molar-refractivity contribution is -0.131. The highest BCUT2D eigenvalue weighted by atomic mass is 32.1. The van der Waals surface area contributed by atoms with Crippen molar-refractivity contribution < 1.29 is 4.79 Å². The Bertz CT molecular complexity index is 825. The van der Waals surface area contributed by atoms with Crippen LogP contribution < -0.4 is 0 Å². The summed E-state index contributed by atoms with van der Waals surface area (Å²) in [5.74, 6) is 0.157. The average molecular weight is 341 g/mol. The van der Waals surface area contributed by atoms with Gasteiger partial charge in [0.15, 0.2) is 0 Å². The molecule has 0 radical (unpaired) electrons. The number of carbonyl (C=O) groups is 1. The molecule has 0 saturated heterocycles. The standard InChI is InChI=1S/C17H15N3OS2/c21-16(20-6-3-15-13(10-20)4-7-22-15)8-14-11-23-17(19-14)12-2-1-5-18-9-12/h1-2,4-5,7,9,11H,3,6,8,10H2. The minimum atomic E-state index is 0.157. The van der Waals surface area contributed by atoms with Gasteiger partial charge in [0.05, 0.1) is 12.1 Å². The summed E-state index contributed by atoms with van der Waals surface area (Å²) in [7, 11) is 0. The Kier molecular flexibility index (Phi) is 3.93. The third-order valence-corrected chi connectivity index (χ3v) is 5.92. The maximum Gasteiger partial charge on any atom is 0.228 e. The molecule has 1 aliphatic heterocycles. The number of thiophene rings is 1. The van der Waals surface area contributed by atoms with Gasteiger partial charge in [-0.15, -0.1) is 22.7 Å². The zero-order chi connectivity index (χ0) is 15.6. The Morgan fingerprint density at radius 2 is 2.26 bits per heavy atom. The molecule has 0 N–H and O–H groups in total. The number of carbonyl (C=O) groups excluding carboxylic acids is 1. The minimum Gasteiger partial charge on any atom is -0.338 e. The van der Waals surface area contributed by atoms with Crippen LogP contribution in [0.2, 0.25) is 0 Å². The highest BCUT2D eigenvalue weighted by Crippen LogP contribution is 2.26. The molecule has 0 saturated carbocycles. The molecule has 1 amide bonds. The summed E-state index contributed by atoms with van der Waals surface area (Å²) in [6, 6.07) is 6.01. The van der Waals surface area contributed by atoms with E-state index in [0.29, 0.717) is 6.42 Å². The van der Waals surface area contributed by atoms with E-state index in [1.807, 2.05) is 22.4 Å². The quantitative estimate of drug-likeness (QED) is 0.733. The van der Waals surface area contributed by atoms with Gasteiger partial charge in [-0.05, 0) is 35.6 Å². The molecule has 0 fully saturated rings. The van der Waals surface area contributed by atoms with E-state index in [-0.39, 0.29) is 5.91 Å². The predicted molar refractivity (Wildman–Crippen MR) is 92.5 cm³/mol. The lowest BCUT2D eigenvalue weighted by Gasteiger charge is -2.26. The van der Waals surface area contributed by atoms with E-state index in [2.05, 4.69) is 21.4 Å². The first-order valence-corrected chi connectivity index (χ1v) is 9.23. The van der Waals surface area contributed by atoms with Crippen molar-refractivity contribution in [2.75, 3.05) is 6.54 Å². The van der Waals surface area contributed by atoms with Crippen LogP contribution in [0.15, 0.2) is 41.4 Å². The van der Waals surface area contributed by atoms with Crippen molar-refractivity contribution in [3.05, 3.63) is 57.5 Å². The number of thiazole rings is 1. The van der Waals surface area contributed by atoms with Gasteiger partial charge in [-0.1, -0.05) is 0 Å². The second-order valence-corrected chi connectivity index (χ2v) is 7.36. The number of rotatable bonds is 3. The molecule has 3 aromatic rings. The van der Waals surface area contributed by atoms with Crippen molar-refractivity contribution in [2.45, 2.75) is 19.4 Å². The van der Waals surface area contributed by atoms with Crippen LogP contribution in [0.5, 0.6) is 0 Å². The molecule has 0 aromatic carbocycles. The maximum absolute atomic E-state index is 12.5. The number of fused-ring (bicyclic) bond motifs is 1. The second kappa shape index (κ2) is 6.22. The highest BCUT2D eigenvalue weighted by Gasteiger charge is 2.22. The molecule has 6 heteroatoms. The van der Waals surface area contributed by atoms with Crippen LogP contribution in [0, 0.1) is 0 Å². The first-order chi connectivity index (χ1) is 11.3. The van der Waals surface area contributed by atoms with Crippen LogP contribution in [-0.4, -0.2) is 27.3 Å². The minimum absolute atomic E-state index is 0.157. The lowest BCUT2D eigenvalue weighted by Crippen LogP contribution is -2.36.